The highest BCUT2D eigenvalue weighted by Crippen LogP contribution is 2.15. The minimum absolute atomic E-state index is 0.216. The molecule has 5 heteroatoms. The number of carbonyl (C=O) groups is 2. The summed E-state index contributed by atoms with van der Waals surface area (Å²) in [7, 11) is 1.35. The van der Waals surface area contributed by atoms with Gasteiger partial charge < -0.3 is 9.47 Å². The molecular formula is C14H18O4S. The topological polar surface area (TPSA) is 52.6 Å². The summed E-state index contributed by atoms with van der Waals surface area (Å²) >= 11 is 1.38. The second kappa shape index (κ2) is 8.58. The summed E-state index contributed by atoms with van der Waals surface area (Å²) in [5.74, 6) is -0.602. The molecule has 0 aromatic heterocycles. The van der Waals surface area contributed by atoms with Crippen molar-refractivity contribution >= 4 is 23.7 Å². The normalized spacial score (nSPS) is 11.7. The lowest BCUT2D eigenvalue weighted by Gasteiger charge is -2.11. The van der Waals surface area contributed by atoms with E-state index < -0.39 is 0 Å². The quantitative estimate of drug-likeness (QED) is 0.719. The molecule has 0 N–H and O–H groups in total. The van der Waals surface area contributed by atoms with Crippen molar-refractivity contribution in [2.24, 2.45) is 0 Å². The molecule has 0 saturated heterocycles. The van der Waals surface area contributed by atoms with Crippen LogP contribution in [0.5, 0.6) is 0 Å². The van der Waals surface area contributed by atoms with Gasteiger partial charge in [-0.05, 0) is 18.2 Å². The summed E-state index contributed by atoms with van der Waals surface area (Å²) in [6, 6.07) is 9.48. The van der Waals surface area contributed by atoms with Crippen molar-refractivity contribution in [3.63, 3.8) is 0 Å². The first-order valence-electron chi connectivity index (χ1n) is 5.97. The summed E-state index contributed by atoms with van der Waals surface area (Å²) in [4.78, 5) is 22.9. The van der Waals surface area contributed by atoms with Crippen molar-refractivity contribution < 1.29 is 19.1 Å². The molecule has 0 radical (unpaired) electrons. The van der Waals surface area contributed by atoms with Crippen molar-refractivity contribution in [1.82, 2.24) is 0 Å². The minimum atomic E-state index is -0.311. The Morgan fingerprint density at radius 2 is 1.95 bits per heavy atom. The largest absolute Gasteiger partial charge is 0.468 e. The molecule has 104 valence electrons. The molecule has 0 aliphatic carbocycles. The predicted octanol–water partition coefficient (Wildman–Crippen LogP) is 2.41. The lowest BCUT2D eigenvalue weighted by Crippen LogP contribution is -2.20. The van der Waals surface area contributed by atoms with E-state index in [0.717, 1.165) is 5.56 Å². The van der Waals surface area contributed by atoms with Crippen LogP contribution in [-0.2, 0) is 25.7 Å². The van der Waals surface area contributed by atoms with Gasteiger partial charge in [-0.1, -0.05) is 30.3 Å². The van der Waals surface area contributed by atoms with Crippen molar-refractivity contribution in [2.75, 3.05) is 13.4 Å². The summed E-state index contributed by atoms with van der Waals surface area (Å²) in [5.41, 5.74) is 0.949. The van der Waals surface area contributed by atoms with E-state index in [9.17, 15) is 9.59 Å². The van der Waals surface area contributed by atoms with E-state index in [-0.39, 0.29) is 30.2 Å². The highest BCUT2D eigenvalue weighted by atomic mass is 32.2. The molecule has 0 aliphatic heterocycles. The van der Waals surface area contributed by atoms with Gasteiger partial charge in [0.25, 0.3) is 0 Å². The molecule has 0 fully saturated rings. The summed E-state index contributed by atoms with van der Waals surface area (Å²) in [5, 5.41) is -0.311. The monoisotopic (exact) mass is 282 g/mol. The molecule has 19 heavy (non-hydrogen) atoms. The fourth-order valence-electron chi connectivity index (χ4n) is 1.52. The van der Waals surface area contributed by atoms with Gasteiger partial charge in [0.2, 0.25) is 0 Å². The Hall–Kier alpha value is -1.49. The van der Waals surface area contributed by atoms with Crippen LogP contribution in [0.4, 0.5) is 0 Å². The van der Waals surface area contributed by atoms with Gasteiger partial charge >= 0.3 is 11.9 Å². The number of hydrogen-bond acceptors (Lipinski definition) is 5. The number of methoxy groups -OCH3 is 1. The fraction of sp³-hybridized carbons (Fsp3) is 0.429. The number of ether oxygens (including phenoxy) is 2. The number of thioether (sulfide) groups is 1. The highest BCUT2D eigenvalue weighted by Gasteiger charge is 2.19. The van der Waals surface area contributed by atoms with E-state index in [2.05, 4.69) is 4.74 Å². The van der Waals surface area contributed by atoms with Crippen LogP contribution in [0.25, 0.3) is 0 Å². The smallest absolute Gasteiger partial charge is 0.318 e. The van der Waals surface area contributed by atoms with Crippen LogP contribution in [0.1, 0.15) is 18.4 Å². The molecular weight excluding hydrogens is 264 g/mol. The Kier molecular flexibility index (Phi) is 7.03. The first kappa shape index (κ1) is 15.6. The van der Waals surface area contributed by atoms with E-state index in [0.29, 0.717) is 6.42 Å². The molecule has 4 nitrogen and oxygen atoms in total. The van der Waals surface area contributed by atoms with Crippen molar-refractivity contribution in [1.29, 1.82) is 0 Å². The Morgan fingerprint density at radius 3 is 2.53 bits per heavy atom. The van der Waals surface area contributed by atoms with Crippen LogP contribution in [0.15, 0.2) is 30.3 Å². The highest BCUT2D eigenvalue weighted by molar-refractivity contribution is 7.99. The SMILES string of the molecule is COC(=O)C(CCC(=O)OCc1ccccc1)SC. The third-order valence-electron chi connectivity index (χ3n) is 2.60. The molecule has 1 atom stereocenters. The van der Waals surface area contributed by atoms with E-state index in [1.54, 1.807) is 0 Å². The molecule has 1 unspecified atom stereocenters. The van der Waals surface area contributed by atoms with Gasteiger partial charge in [-0.2, -0.15) is 11.8 Å². The minimum Gasteiger partial charge on any atom is -0.468 e. The number of esters is 2. The Balaban J connectivity index is 2.29. The molecule has 0 aliphatic rings. The lowest BCUT2D eigenvalue weighted by molar-refractivity contribution is -0.145. The third-order valence-corrected chi connectivity index (χ3v) is 3.60. The Labute approximate surface area is 117 Å². The zero-order chi connectivity index (χ0) is 14.1. The van der Waals surface area contributed by atoms with E-state index in [4.69, 9.17) is 4.74 Å². The van der Waals surface area contributed by atoms with Gasteiger partial charge in [0, 0.05) is 6.42 Å². The second-order valence-electron chi connectivity index (χ2n) is 3.93. The van der Waals surface area contributed by atoms with Crippen LogP contribution in [0.2, 0.25) is 0 Å². The zero-order valence-corrected chi connectivity index (χ0v) is 11.9. The van der Waals surface area contributed by atoms with Crippen LogP contribution in [0, 0.1) is 0 Å². The maximum Gasteiger partial charge on any atom is 0.318 e. The predicted molar refractivity (Wildman–Crippen MR) is 74.8 cm³/mol. The van der Waals surface area contributed by atoms with Gasteiger partial charge in [0.1, 0.15) is 11.9 Å². The Bertz CT molecular complexity index is 405. The third kappa shape index (κ3) is 5.79. The van der Waals surface area contributed by atoms with Crippen LogP contribution in [-0.4, -0.2) is 30.6 Å². The molecule has 0 amide bonds. The standard InChI is InChI=1S/C14H18O4S/c1-17-14(16)12(19-2)8-9-13(15)18-10-11-6-4-3-5-7-11/h3-7,12H,8-10H2,1-2H3. The van der Waals surface area contributed by atoms with Crippen LogP contribution < -0.4 is 0 Å². The lowest BCUT2D eigenvalue weighted by atomic mass is 10.2. The van der Waals surface area contributed by atoms with Gasteiger partial charge in [0.05, 0.1) is 7.11 Å². The fourth-order valence-corrected chi connectivity index (χ4v) is 2.16. The van der Waals surface area contributed by atoms with Crippen molar-refractivity contribution in [2.45, 2.75) is 24.7 Å². The van der Waals surface area contributed by atoms with Gasteiger partial charge in [0.15, 0.2) is 0 Å². The number of hydrogen-bond donors (Lipinski definition) is 0. The molecule has 1 aromatic carbocycles. The molecule has 1 rings (SSSR count). The molecule has 0 heterocycles. The summed E-state index contributed by atoms with van der Waals surface area (Å²) in [6.45, 7) is 0.266. The molecule has 0 bridgehead atoms. The van der Waals surface area contributed by atoms with Gasteiger partial charge in [-0.15, -0.1) is 0 Å². The first-order chi connectivity index (χ1) is 9.17. The number of benzene rings is 1. The molecule has 0 spiro atoms. The van der Waals surface area contributed by atoms with Crippen LogP contribution in [0.3, 0.4) is 0 Å². The zero-order valence-electron chi connectivity index (χ0n) is 11.1. The maximum atomic E-state index is 11.6. The second-order valence-corrected chi connectivity index (χ2v) is 4.97. The van der Waals surface area contributed by atoms with E-state index in [1.165, 1.54) is 18.9 Å². The average molecular weight is 282 g/mol. The van der Waals surface area contributed by atoms with E-state index in [1.807, 2.05) is 36.6 Å². The van der Waals surface area contributed by atoms with Crippen molar-refractivity contribution in [3.05, 3.63) is 35.9 Å². The maximum absolute atomic E-state index is 11.6. The first-order valence-corrected chi connectivity index (χ1v) is 7.26. The molecule has 1 aromatic rings. The average Bonchev–Trinajstić information content (AvgIpc) is 2.46. The number of rotatable bonds is 7. The van der Waals surface area contributed by atoms with Crippen molar-refractivity contribution in [3.8, 4) is 0 Å². The molecule has 0 saturated carbocycles. The number of carbonyl (C=O) groups excluding carboxylic acids is 2. The van der Waals surface area contributed by atoms with Gasteiger partial charge in [-0.25, -0.2) is 0 Å². The van der Waals surface area contributed by atoms with E-state index >= 15 is 0 Å². The summed E-state index contributed by atoms with van der Waals surface area (Å²) < 4.78 is 9.79. The van der Waals surface area contributed by atoms with Gasteiger partial charge in [-0.3, -0.25) is 9.59 Å². The summed E-state index contributed by atoms with van der Waals surface area (Å²) in [6.07, 6.45) is 2.46. The Morgan fingerprint density at radius 1 is 1.26 bits per heavy atom. The van der Waals surface area contributed by atoms with Crippen LogP contribution >= 0.6 is 11.8 Å².